The van der Waals surface area contributed by atoms with E-state index in [9.17, 15) is 0 Å². The Bertz CT molecular complexity index is 540. The van der Waals surface area contributed by atoms with Crippen LogP contribution in [0.3, 0.4) is 0 Å². The van der Waals surface area contributed by atoms with E-state index in [1.807, 2.05) is 13.1 Å². The topological polar surface area (TPSA) is 16.1 Å². The van der Waals surface area contributed by atoms with Crippen molar-refractivity contribution in [2.45, 2.75) is 13.5 Å². The largest absolute Gasteiger partial charge is 0.354 e. The Labute approximate surface area is 121 Å². The van der Waals surface area contributed by atoms with Crippen molar-refractivity contribution in [2.24, 2.45) is 0 Å². The molecule has 0 aliphatic carbocycles. The highest BCUT2D eigenvalue weighted by Gasteiger charge is 2.08. The van der Waals surface area contributed by atoms with E-state index in [4.69, 9.17) is 11.6 Å². The van der Waals surface area contributed by atoms with E-state index < -0.39 is 0 Å². The quantitative estimate of drug-likeness (QED) is 0.829. The van der Waals surface area contributed by atoms with Gasteiger partial charge in [0, 0.05) is 19.8 Å². The van der Waals surface area contributed by atoms with Crippen LogP contribution in [0.15, 0.2) is 41.0 Å². The second kappa shape index (κ2) is 5.72. The molecule has 1 aromatic carbocycles. The summed E-state index contributed by atoms with van der Waals surface area (Å²) in [6.45, 7) is 2.90. The first-order chi connectivity index (χ1) is 8.56. The SMILES string of the molecule is Cc1ccc(CN(C)c2ncc(Cl)cc2Br)cc1. The van der Waals surface area contributed by atoms with E-state index in [1.54, 1.807) is 6.20 Å². The molecule has 0 aliphatic heterocycles. The zero-order valence-corrected chi connectivity index (χ0v) is 12.7. The second-order valence-electron chi connectivity index (χ2n) is 4.30. The first-order valence-corrected chi connectivity index (χ1v) is 6.81. The van der Waals surface area contributed by atoms with Crippen LogP contribution in [0.5, 0.6) is 0 Å². The van der Waals surface area contributed by atoms with E-state index in [0.717, 1.165) is 16.8 Å². The lowest BCUT2D eigenvalue weighted by Crippen LogP contribution is -2.18. The van der Waals surface area contributed by atoms with Gasteiger partial charge in [0.1, 0.15) is 5.82 Å². The summed E-state index contributed by atoms with van der Waals surface area (Å²) >= 11 is 9.37. The fourth-order valence-corrected chi connectivity index (χ4v) is 2.67. The normalized spacial score (nSPS) is 10.4. The number of pyridine rings is 1. The van der Waals surface area contributed by atoms with Gasteiger partial charge in [0.25, 0.3) is 0 Å². The molecule has 0 amide bonds. The van der Waals surface area contributed by atoms with Crippen molar-refractivity contribution in [2.75, 3.05) is 11.9 Å². The highest BCUT2D eigenvalue weighted by atomic mass is 79.9. The third-order valence-electron chi connectivity index (χ3n) is 2.69. The summed E-state index contributed by atoms with van der Waals surface area (Å²) in [6, 6.07) is 10.4. The van der Waals surface area contributed by atoms with Gasteiger partial charge in [-0.25, -0.2) is 4.98 Å². The van der Waals surface area contributed by atoms with Gasteiger partial charge >= 0.3 is 0 Å². The summed E-state index contributed by atoms with van der Waals surface area (Å²) in [5.41, 5.74) is 2.53. The Morgan fingerprint density at radius 1 is 1.28 bits per heavy atom. The van der Waals surface area contributed by atoms with Gasteiger partial charge < -0.3 is 4.90 Å². The summed E-state index contributed by atoms with van der Waals surface area (Å²) < 4.78 is 0.907. The molecule has 0 saturated carbocycles. The van der Waals surface area contributed by atoms with Crippen LogP contribution in [0.25, 0.3) is 0 Å². The maximum atomic E-state index is 5.89. The molecule has 0 unspecified atom stereocenters. The Kier molecular flexibility index (Phi) is 4.25. The van der Waals surface area contributed by atoms with Gasteiger partial charge in [-0.3, -0.25) is 0 Å². The molecule has 0 aliphatic rings. The number of aromatic nitrogens is 1. The highest BCUT2D eigenvalue weighted by Crippen LogP contribution is 2.26. The minimum absolute atomic E-state index is 0.634. The van der Waals surface area contributed by atoms with Crippen molar-refractivity contribution < 1.29 is 0 Å². The zero-order chi connectivity index (χ0) is 13.1. The third-order valence-corrected chi connectivity index (χ3v) is 3.48. The molecule has 2 aromatic rings. The van der Waals surface area contributed by atoms with Crippen LogP contribution >= 0.6 is 27.5 Å². The predicted octanol–water partition coefficient (Wildman–Crippen LogP) is 4.44. The molecule has 94 valence electrons. The minimum atomic E-state index is 0.634. The van der Waals surface area contributed by atoms with E-state index in [0.29, 0.717) is 5.02 Å². The van der Waals surface area contributed by atoms with Crippen molar-refractivity contribution in [3.63, 3.8) is 0 Å². The molecule has 1 aromatic heterocycles. The molecule has 4 heteroatoms. The first kappa shape index (κ1) is 13.4. The van der Waals surface area contributed by atoms with Crippen LogP contribution in [0.1, 0.15) is 11.1 Å². The molecule has 0 radical (unpaired) electrons. The van der Waals surface area contributed by atoms with Crippen molar-refractivity contribution in [3.8, 4) is 0 Å². The van der Waals surface area contributed by atoms with Crippen molar-refractivity contribution in [1.82, 2.24) is 4.98 Å². The fourth-order valence-electron chi connectivity index (χ4n) is 1.73. The second-order valence-corrected chi connectivity index (χ2v) is 5.59. The molecular formula is C14H14BrClN2. The number of hydrogen-bond acceptors (Lipinski definition) is 2. The molecule has 0 fully saturated rings. The summed E-state index contributed by atoms with van der Waals surface area (Å²) in [5, 5.41) is 0.634. The lowest BCUT2D eigenvalue weighted by atomic mass is 10.1. The van der Waals surface area contributed by atoms with E-state index in [-0.39, 0.29) is 0 Å². The van der Waals surface area contributed by atoms with Gasteiger partial charge in [0.15, 0.2) is 0 Å². The third kappa shape index (κ3) is 3.24. The van der Waals surface area contributed by atoms with Crippen LogP contribution in [-0.2, 0) is 6.54 Å². The van der Waals surface area contributed by atoms with Gasteiger partial charge in [0.2, 0.25) is 0 Å². The number of nitrogens with zero attached hydrogens (tertiary/aromatic N) is 2. The van der Waals surface area contributed by atoms with Gasteiger partial charge in [0.05, 0.1) is 9.50 Å². The van der Waals surface area contributed by atoms with Crippen LogP contribution < -0.4 is 4.90 Å². The number of aryl methyl sites for hydroxylation is 1. The van der Waals surface area contributed by atoms with Gasteiger partial charge in [-0.05, 0) is 34.5 Å². The van der Waals surface area contributed by atoms with Crippen LogP contribution in [0.4, 0.5) is 5.82 Å². The van der Waals surface area contributed by atoms with Gasteiger partial charge in [-0.15, -0.1) is 0 Å². The van der Waals surface area contributed by atoms with Crippen LogP contribution in [-0.4, -0.2) is 12.0 Å². The molecule has 0 atom stereocenters. The summed E-state index contributed by atoms with van der Waals surface area (Å²) in [6.07, 6.45) is 1.66. The molecule has 0 N–H and O–H groups in total. The maximum Gasteiger partial charge on any atom is 0.143 e. The molecule has 0 saturated heterocycles. The first-order valence-electron chi connectivity index (χ1n) is 5.64. The average Bonchev–Trinajstić information content (AvgIpc) is 2.32. The summed E-state index contributed by atoms with van der Waals surface area (Å²) in [7, 11) is 2.01. The molecule has 2 nitrogen and oxygen atoms in total. The molecule has 0 spiro atoms. The predicted molar refractivity (Wildman–Crippen MR) is 80.2 cm³/mol. The Morgan fingerprint density at radius 2 is 1.94 bits per heavy atom. The standard InChI is InChI=1S/C14H14BrClN2/c1-10-3-5-11(6-4-10)9-18(2)14-13(15)7-12(16)8-17-14/h3-8H,9H2,1-2H3. The summed E-state index contributed by atoms with van der Waals surface area (Å²) in [5.74, 6) is 0.889. The Balaban J connectivity index is 2.16. The average molecular weight is 326 g/mol. The lowest BCUT2D eigenvalue weighted by molar-refractivity contribution is 0.893. The van der Waals surface area contributed by atoms with E-state index in [2.05, 4.69) is 57.0 Å². The van der Waals surface area contributed by atoms with E-state index in [1.165, 1.54) is 11.1 Å². The number of hydrogen-bond donors (Lipinski definition) is 0. The van der Waals surface area contributed by atoms with Crippen molar-refractivity contribution in [1.29, 1.82) is 0 Å². The highest BCUT2D eigenvalue weighted by molar-refractivity contribution is 9.10. The lowest BCUT2D eigenvalue weighted by Gasteiger charge is -2.19. The molecule has 2 rings (SSSR count). The van der Waals surface area contributed by atoms with Crippen molar-refractivity contribution >= 4 is 33.3 Å². The number of anilines is 1. The molecule has 0 bridgehead atoms. The summed E-state index contributed by atoms with van der Waals surface area (Å²) in [4.78, 5) is 6.43. The fraction of sp³-hybridized carbons (Fsp3) is 0.214. The van der Waals surface area contributed by atoms with Crippen LogP contribution in [0, 0.1) is 6.92 Å². The smallest absolute Gasteiger partial charge is 0.143 e. The zero-order valence-electron chi connectivity index (χ0n) is 10.3. The molecule has 1 heterocycles. The van der Waals surface area contributed by atoms with Gasteiger partial charge in [-0.1, -0.05) is 41.4 Å². The Hall–Kier alpha value is -1.06. The Morgan fingerprint density at radius 3 is 2.56 bits per heavy atom. The maximum absolute atomic E-state index is 5.89. The van der Waals surface area contributed by atoms with Gasteiger partial charge in [-0.2, -0.15) is 0 Å². The van der Waals surface area contributed by atoms with Crippen molar-refractivity contribution in [3.05, 3.63) is 57.2 Å². The molecular weight excluding hydrogens is 312 g/mol. The number of rotatable bonds is 3. The number of halogens is 2. The van der Waals surface area contributed by atoms with Crippen LogP contribution in [0.2, 0.25) is 5.02 Å². The number of benzene rings is 1. The minimum Gasteiger partial charge on any atom is -0.354 e. The monoisotopic (exact) mass is 324 g/mol. The van der Waals surface area contributed by atoms with E-state index >= 15 is 0 Å². The molecule has 18 heavy (non-hydrogen) atoms.